The first-order valence-electron chi connectivity index (χ1n) is 6.07. The summed E-state index contributed by atoms with van der Waals surface area (Å²) in [6, 6.07) is -0.278. The van der Waals surface area contributed by atoms with Gasteiger partial charge in [0.1, 0.15) is 6.54 Å². The molecule has 0 saturated carbocycles. The van der Waals surface area contributed by atoms with Crippen LogP contribution in [0.5, 0.6) is 0 Å². The Morgan fingerprint density at radius 1 is 1.53 bits per heavy atom. The standard InChI is InChI=1S/C11H15F3N4O/c12-11(13,14)7-18-6-8(5-16-18)17-10(19)9-3-1-2-4-15-9/h5-6,9,15H,1-4,7H2,(H,17,19). The molecular formula is C11H15F3N4O. The van der Waals surface area contributed by atoms with E-state index in [0.29, 0.717) is 0 Å². The molecule has 106 valence electrons. The molecular weight excluding hydrogens is 261 g/mol. The van der Waals surface area contributed by atoms with E-state index in [4.69, 9.17) is 0 Å². The summed E-state index contributed by atoms with van der Waals surface area (Å²) < 4.78 is 37.2. The zero-order valence-corrected chi connectivity index (χ0v) is 10.2. The van der Waals surface area contributed by atoms with Crippen LogP contribution in [0.15, 0.2) is 12.4 Å². The Bertz CT molecular complexity index is 437. The van der Waals surface area contributed by atoms with Crippen LogP contribution in [-0.2, 0) is 11.3 Å². The number of hydrogen-bond acceptors (Lipinski definition) is 3. The highest BCUT2D eigenvalue weighted by molar-refractivity contribution is 5.94. The van der Waals surface area contributed by atoms with Gasteiger partial charge in [-0.2, -0.15) is 18.3 Å². The molecule has 0 bridgehead atoms. The molecule has 0 spiro atoms. The summed E-state index contributed by atoms with van der Waals surface area (Å²) >= 11 is 0. The van der Waals surface area contributed by atoms with Gasteiger partial charge in [0, 0.05) is 6.20 Å². The van der Waals surface area contributed by atoms with Crippen LogP contribution in [0.2, 0.25) is 0 Å². The van der Waals surface area contributed by atoms with E-state index in [1.807, 2.05) is 0 Å². The van der Waals surface area contributed by atoms with Crippen molar-refractivity contribution in [3.63, 3.8) is 0 Å². The molecule has 2 rings (SSSR count). The third-order valence-corrected chi connectivity index (χ3v) is 2.87. The van der Waals surface area contributed by atoms with Crippen molar-refractivity contribution < 1.29 is 18.0 Å². The number of rotatable bonds is 3. The average Bonchev–Trinajstić information content (AvgIpc) is 2.75. The monoisotopic (exact) mass is 276 g/mol. The Morgan fingerprint density at radius 3 is 2.95 bits per heavy atom. The number of halogens is 3. The van der Waals surface area contributed by atoms with Crippen molar-refractivity contribution in [2.24, 2.45) is 0 Å². The molecule has 1 unspecified atom stereocenters. The van der Waals surface area contributed by atoms with Gasteiger partial charge in [-0.05, 0) is 19.4 Å². The lowest BCUT2D eigenvalue weighted by atomic mass is 10.0. The van der Waals surface area contributed by atoms with E-state index in [9.17, 15) is 18.0 Å². The van der Waals surface area contributed by atoms with Crippen LogP contribution in [0, 0.1) is 0 Å². The van der Waals surface area contributed by atoms with Gasteiger partial charge in [-0.3, -0.25) is 9.48 Å². The number of amides is 1. The topological polar surface area (TPSA) is 59.0 Å². The summed E-state index contributed by atoms with van der Waals surface area (Å²) in [7, 11) is 0. The quantitative estimate of drug-likeness (QED) is 0.880. The minimum absolute atomic E-state index is 0.230. The van der Waals surface area contributed by atoms with Gasteiger partial charge >= 0.3 is 6.18 Å². The van der Waals surface area contributed by atoms with E-state index in [1.54, 1.807) is 0 Å². The number of piperidine rings is 1. The number of nitrogens with zero attached hydrogens (tertiary/aromatic N) is 2. The molecule has 1 saturated heterocycles. The molecule has 1 fully saturated rings. The van der Waals surface area contributed by atoms with Crippen LogP contribution in [-0.4, -0.2) is 34.5 Å². The van der Waals surface area contributed by atoms with Gasteiger partial charge in [-0.15, -0.1) is 0 Å². The number of aromatic nitrogens is 2. The first-order chi connectivity index (χ1) is 8.94. The van der Waals surface area contributed by atoms with Crippen molar-refractivity contribution >= 4 is 11.6 Å². The molecule has 8 heteroatoms. The fourth-order valence-electron chi connectivity index (χ4n) is 2.00. The SMILES string of the molecule is O=C(Nc1cnn(CC(F)(F)F)c1)C1CCCCN1. The maximum absolute atomic E-state index is 12.1. The van der Waals surface area contributed by atoms with Gasteiger partial charge in [0.15, 0.2) is 0 Å². The van der Waals surface area contributed by atoms with Crippen molar-refractivity contribution in [1.29, 1.82) is 0 Å². The highest BCUT2D eigenvalue weighted by Crippen LogP contribution is 2.18. The second kappa shape index (κ2) is 5.60. The maximum Gasteiger partial charge on any atom is 0.408 e. The third-order valence-electron chi connectivity index (χ3n) is 2.87. The van der Waals surface area contributed by atoms with Crippen molar-refractivity contribution in [2.75, 3.05) is 11.9 Å². The number of hydrogen-bond donors (Lipinski definition) is 2. The molecule has 1 aliphatic rings. The fraction of sp³-hybridized carbons (Fsp3) is 0.636. The molecule has 2 heterocycles. The highest BCUT2D eigenvalue weighted by Gasteiger charge is 2.28. The zero-order chi connectivity index (χ0) is 13.9. The Kier molecular flexibility index (Phi) is 4.08. The molecule has 1 amide bonds. The molecule has 0 aliphatic carbocycles. The Balaban J connectivity index is 1.90. The average molecular weight is 276 g/mol. The second-order valence-corrected chi connectivity index (χ2v) is 4.53. The van der Waals surface area contributed by atoms with E-state index in [0.717, 1.165) is 30.5 Å². The number of carbonyl (C=O) groups is 1. The number of alkyl halides is 3. The van der Waals surface area contributed by atoms with Gasteiger partial charge in [-0.1, -0.05) is 6.42 Å². The predicted molar refractivity (Wildman–Crippen MR) is 62.6 cm³/mol. The van der Waals surface area contributed by atoms with Crippen molar-refractivity contribution in [3.05, 3.63) is 12.4 Å². The second-order valence-electron chi connectivity index (χ2n) is 4.53. The van der Waals surface area contributed by atoms with E-state index < -0.39 is 12.7 Å². The molecule has 1 aromatic heterocycles. The molecule has 0 aromatic carbocycles. The van der Waals surface area contributed by atoms with Crippen LogP contribution >= 0.6 is 0 Å². The first-order valence-corrected chi connectivity index (χ1v) is 6.07. The molecule has 1 aromatic rings. The molecule has 19 heavy (non-hydrogen) atoms. The third kappa shape index (κ3) is 4.23. The van der Waals surface area contributed by atoms with Crippen LogP contribution in [0.4, 0.5) is 18.9 Å². The lowest BCUT2D eigenvalue weighted by Crippen LogP contribution is -2.43. The minimum Gasteiger partial charge on any atom is -0.322 e. The van der Waals surface area contributed by atoms with Crippen LogP contribution in [0.3, 0.4) is 0 Å². The van der Waals surface area contributed by atoms with Crippen LogP contribution in [0.1, 0.15) is 19.3 Å². The number of nitrogens with one attached hydrogen (secondary N) is 2. The van der Waals surface area contributed by atoms with Gasteiger partial charge < -0.3 is 10.6 Å². The van der Waals surface area contributed by atoms with E-state index in [2.05, 4.69) is 15.7 Å². The van der Waals surface area contributed by atoms with Gasteiger partial charge in [0.2, 0.25) is 5.91 Å². The molecule has 5 nitrogen and oxygen atoms in total. The van der Waals surface area contributed by atoms with Crippen molar-refractivity contribution in [2.45, 2.75) is 38.0 Å². The summed E-state index contributed by atoms with van der Waals surface area (Å²) in [5, 5.41) is 9.19. The molecule has 0 radical (unpaired) electrons. The number of carbonyl (C=O) groups excluding carboxylic acids is 1. The van der Waals surface area contributed by atoms with Crippen LogP contribution < -0.4 is 10.6 Å². The molecule has 1 atom stereocenters. The Hall–Kier alpha value is -1.57. The summed E-state index contributed by atoms with van der Waals surface area (Å²) in [5.41, 5.74) is 0.279. The van der Waals surface area contributed by atoms with Crippen molar-refractivity contribution in [3.8, 4) is 0 Å². The summed E-state index contributed by atoms with van der Waals surface area (Å²) in [6.07, 6.45) is 0.813. The largest absolute Gasteiger partial charge is 0.408 e. The van der Waals surface area contributed by atoms with Gasteiger partial charge in [0.25, 0.3) is 0 Å². The van der Waals surface area contributed by atoms with Crippen LogP contribution in [0.25, 0.3) is 0 Å². The Labute approximate surface area is 108 Å². The van der Waals surface area contributed by atoms with E-state index in [1.165, 1.54) is 12.4 Å². The fourth-order valence-corrected chi connectivity index (χ4v) is 2.00. The normalized spacial score (nSPS) is 20.3. The van der Waals surface area contributed by atoms with Crippen molar-refractivity contribution in [1.82, 2.24) is 15.1 Å². The van der Waals surface area contributed by atoms with Gasteiger partial charge in [-0.25, -0.2) is 0 Å². The zero-order valence-electron chi connectivity index (χ0n) is 10.2. The summed E-state index contributed by atoms with van der Waals surface area (Å²) in [5.74, 6) is -0.230. The lowest BCUT2D eigenvalue weighted by Gasteiger charge is -2.22. The molecule has 1 aliphatic heterocycles. The predicted octanol–water partition coefficient (Wildman–Crippen LogP) is 1.53. The highest BCUT2D eigenvalue weighted by atomic mass is 19.4. The van der Waals surface area contributed by atoms with E-state index in [-0.39, 0.29) is 17.6 Å². The van der Waals surface area contributed by atoms with E-state index >= 15 is 0 Å². The smallest absolute Gasteiger partial charge is 0.322 e. The Morgan fingerprint density at radius 2 is 2.32 bits per heavy atom. The summed E-state index contributed by atoms with van der Waals surface area (Å²) in [6.45, 7) is -0.379. The lowest BCUT2D eigenvalue weighted by molar-refractivity contribution is -0.142. The molecule has 2 N–H and O–H groups in total. The van der Waals surface area contributed by atoms with Gasteiger partial charge in [0.05, 0.1) is 17.9 Å². The summed E-state index contributed by atoms with van der Waals surface area (Å²) in [4.78, 5) is 11.8. The maximum atomic E-state index is 12.1. The number of anilines is 1. The minimum atomic E-state index is -4.32. The first kappa shape index (κ1) is 13.9.